The molecule has 2 rings (SSSR count). The summed E-state index contributed by atoms with van der Waals surface area (Å²) in [6.45, 7) is 12.8. The highest BCUT2D eigenvalue weighted by Crippen LogP contribution is 2.38. The van der Waals surface area contributed by atoms with E-state index < -0.39 is 5.41 Å². The highest BCUT2D eigenvalue weighted by molar-refractivity contribution is 6.00. The van der Waals surface area contributed by atoms with Gasteiger partial charge in [-0.25, -0.2) is 4.79 Å². The lowest BCUT2D eigenvalue weighted by Crippen LogP contribution is -2.43. The summed E-state index contributed by atoms with van der Waals surface area (Å²) in [4.78, 5) is 26.6. The van der Waals surface area contributed by atoms with Crippen molar-refractivity contribution in [1.29, 1.82) is 0 Å². The van der Waals surface area contributed by atoms with E-state index in [1.807, 2.05) is 13.8 Å². The van der Waals surface area contributed by atoms with Gasteiger partial charge in [-0.2, -0.15) is 0 Å². The predicted octanol–water partition coefficient (Wildman–Crippen LogP) is 3.40. The van der Waals surface area contributed by atoms with Crippen LogP contribution in [0.15, 0.2) is 30.9 Å². The third kappa shape index (κ3) is 4.53. The number of benzene rings is 1. The summed E-state index contributed by atoms with van der Waals surface area (Å²) in [6.07, 6.45) is 1.61. The molecule has 1 heterocycles. The third-order valence-electron chi connectivity index (χ3n) is 3.87. The molecule has 0 unspecified atom stereocenters. The fourth-order valence-corrected chi connectivity index (χ4v) is 2.61. The van der Waals surface area contributed by atoms with Crippen LogP contribution in [0, 0.1) is 11.3 Å². The lowest BCUT2D eigenvalue weighted by Gasteiger charge is -2.29. The fourth-order valence-electron chi connectivity index (χ4n) is 2.61. The monoisotopic (exact) mass is 345 g/mol. The van der Waals surface area contributed by atoms with Gasteiger partial charge in [0.1, 0.15) is 12.4 Å². The second-order valence-electron chi connectivity index (χ2n) is 7.29. The molecule has 0 aromatic heterocycles. The minimum Gasteiger partial charge on any atom is -0.490 e. The molecule has 0 bridgehead atoms. The van der Waals surface area contributed by atoms with Crippen LogP contribution >= 0.6 is 0 Å². The standard InChI is InChI=1S/C19H27N3O3/c1-6-9-20-18(24)21-14-7-8-16-15(10-14)22(11-13(2)3)17(23)19(4,5)12-25-16/h6-8,10,13H,1,9,11-12H2,2-5H3,(H2,20,21,24). The molecule has 1 aromatic rings. The van der Waals surface area contributed by atoms with Crippen LogP contribution in [-0.2, 0) is 4.79 Å². The number of nitrogens with zero attached hydrogens (tertiary/aromatic N) is 1. The highest BCUT2D eigenvalue weighted by Gasteiger charge is 2.38. The number of amides is 3. The van der Waals surface area contributed by atoms with E-state index in [0.717, 1.165) is 0 Å². The number of anilines is 2. The van der Waals surface area contributed by atoms with Crippen LogP contribution in [0.4, 0.5) is 16.2 Å². The van der Waals surface area contributed by atoms with Crippen LogP contribution in [0.1, 0.15) is 27.7 Å². The van der Waals surface area contributed by atoms with E-state index in [1.54, 1.807) is 29.2 Å². The normalized spacial score (nSPS) is 15.9. The molecule has 0 radical (unpaired) electrons. The van der Waals surface area contributed by atoms with E-state index in [4.69, 9.17) is 4.74 Å². The highest BCUT2D eigenvalue weighted by atomic mass is 16.5. The molecule has 6 heteroatoms. The van der Waals surface area contributed by atoms with Crippen LogP contribution < -0.4 is 20.3 Å². The number of rotatable bonds is 5. The molecule has 0 spiro atoms. The van der Waals surface area contributed by atoms with Gasteiger partial charge in [-0.3, -0.25) is 4.79 Å². The lowest BCUT2D eigenvalue weighted by atomic mass is 9.92. The van der Waals surface area contributed by atoms with Crippen molar-refractivity contribution in [2.75, 3.05) is 29.9 Å². The molecule has 0 saturated carbocycles. The van der Waals surface area contributed by atoms with Gasteiger partial charge in [-0.1, -0.05) is 19.9 Å². The van der Waals surface area contributed by atoms with Crippen molar-refractivity contribution in [3.63, 3.8) is 0 Å². The Balaban J connectivity index is 2.34. The Bertz CT molecular complexity index is 668. The Morgan fingerprint density at radius 2 is 2.16 bits per heavy atom. The molecule has 6 nitrogen and oxygen atoms in total. The van der Waals surface area contributed by atoms with Crippen LogP contribution in [0.25, 0.3) is 0 Å². The molecule has 25 heavy (non-hydrogen) atoms. The van der Waals surface area contributed by atoms with Crippen molar-refractivity contribution in [2.45, 2.75) is 27.7 Å². The smallest absolute Gasteiger partial charge is 0.319 e. The third-order valence-corrected chi connectivity index (χ3v) is 3.87. The molecule has 1 aliphatic rings. The van der Waals surface area contributed by atoms with Crippen LogP contribution in [0.3, 0.4) is 0 Å². The molecule has 2 N–H and O–H groups in total. The van der Waals surface area contributed by atoms with E-state index in [1.165, 1.54) is 0 Å². The minimum atomic E-state index is -0.608. The average Bonchev–Trinajstić information content (AvgIpc) is 2.63. The zero-order valence-electron chi connectivity index (χ0n) is 15.4. The maximum Gasteiger partial charge on any atom is 0.319 e. The summed E-state index contributed by atoms with van der Waals surface area (Å²) in [5.41, 5.74) is 0.680. The van der Waals surface area contributed by atoms with Gasteiger partial charge in [-0.05, 0) is 38.0 Å². The predicted molar refractivity (Wildman–Crippen MR) is 100 cm³/mol. The molecule has 136 valence electrons. The van der Waals surface area contributed by atoms with Gasteiger partial charge in [0.15, 0.2) is 0 Å². The average molecular weight is 345 g/mol. The van der Waals surface area contributed by atoms with Gasteiger partial charge in [-0.15, -0.1) is 6.58 Å². The van der Waals surface area contributed by atoms with E-state index in [9.17, 15) is 9.59 Å². The Morgan fingerprint density at radius 1 is 1.44 bits per heavy atom. The van der Waals surface area contributed by atoms with Crippen molar-refractivity contribution < 1.29 is 14.3 Å². The largest absolute Gasteiger partial charge is 0.490 e. The number of fused-ring (bicyclic) bond motifs is 1. The van der Waals surface area contributed by atoms with E-state index in [2.05, 4.69) is 31.1 Å². The zero-order chi connectivity index (χ0) is 18.6. The second kappa shape index (κ2) is 7.59. The van der Waals surface area contributed by atoms with Crippen LogP contribution in [-0.4, -0.2) is 31.6 Å². The quantitative estimate of drug-likeness (QED) is 0.804. The molecule has 1 aliphatic heterocycles. The number of urea groups is 1. The summed E-state index contributed by atoms with van der Waals surface area (Å²) < 4.78 is 5.87. The molecule has 3 amide bonds. The second-order valence-corrected chi connectivity index (χ2v) is 7.29. The Labute approximate surface area is 149 Å². The number of ether oxygens (including phenoxy) is 1. The Kier molecular flexibility index (Phi) is 5.72. The van der Waals surface area contributed by atoms with Crippen LogP contribution in [0.2, 0.25) is 0 Å². The first-order chi connectivity index (χ1) is 11.7. The minimum absolute atomic E-state index is 0.0215. The van der Waals surface area contributed by atoms with Crippen molar-refractivity contribution in [2.24, 2.45) is 11.3 Å². The Morgan fingerprint density at radius 3 is 2.80 bits per heavy atom. The SMILES string of the molecule is C=CCNC(=O)Nc1ccc2c(c1)N(CC(C)C)C(=O)C(C)(C)CO2. The number of carbonyl (C=O) groups excluding carboxylic acids is 2. The zero-order valence-corrected chi connectivity index (χ0v) is 15.4. The van der Waals surface area contributed by atoms with Crippen molar-refractivity contribution in [1.82, 2.24) is 5.32 Å². The van der Waals surface area contributed by atoms with Crippen LogP contribution in [0.5, 0.6) is 5.75 Å². The van der Waals surface area contributed by atoms with Crippen molar-refractivity contribution in [3.05, 3.63) is 30.9 Å². The molecular formula is C19H27N3O3. The maximum absolute atomic E-state index is 13.0. The summed E-state index contributed by atoms with van der Waals surface area (Å²) in [5.74, 6) is 0.975. The number of nitrogens with one attached hydrogen (secondary N) is 2. The molecule has 0 atom stereocenters. The molecule has 0 fully saturated rings. The number of hydrogen-bond acceptors (Lipinski definition) is 3. The molecule has 1 aromatic carbocycles. The van der Waals surface area contributed by atoms with Gasteiger partial charge in [0.2, 0.25) is 5.91 Å². The molecule has 0 aliphatic carbocycles. The summed E-state index contributed by atoms with van der Waals surface area (Å²) in [7, 11) is 0. The number of carbonyl (C=O) groups is 2. The van der Waals surface area contributed by atoms with Gasteiger partial charge in [0.05, 0.1) is 11.1 Å². The first kappa shape index (κ1) is 18.8. The van der Waals surface area contributed by atoms with Crippen molar-refractivity contribution >= 4 is 23.3 Å². The van der Waals surface area contributed by atoms with Gasteiger partial charge >= 0.3 is 6.03 Å². The fraction of sp³-hybridized carbons (Fsp3) is 0.474. The van der Waals surface area contributed by atoms with E-state index >= 15 is 0 Å². The van der Waals surface area contributed by atoms with E-state index in [-0.39, 0.29) is 11.9 Å². The maximum atomic E-state index is 13.0. The van der Waals surface area contributed by atoms with Gasteiger partial charge in [0.25, 0.3) is 0 Å². The van der Waals surface area contributed by atoms with Gasteiger partial charge in [0, 0.05) is 18.8 Å². The summed E-state index contributed by atoms with van der Waals surface area (Å²) in [5, 5.41) is 5.42. The Hall–Kier alpha value is -2.50. The molecular weight excluding hydrogens is 318 g/mol. The first-order valence-corrected chi connectivity index (χ1v) is 8.49. The number of hydrogen-bond donors (Lipinski definition) is 2. The van der Waals surface area contributed by atoms with Gasteiger partial charge < -0.3 is 20.3 Å². The van der Waals surface area contributed by atoms with Crippen molar-refractivity contribution in [3.8, 4) is 5.75 Å². The first-order valence-electron chi connectivity index (χ1n) is 8.49. The molecule has 0 saturated heterocycles. The summed E-state index contributed by atoms with van der Waals surface area (Å²) in [6, 6.07) is 5.02. The summed E-state index contributed by atoms with van der Waals surface area (Å²) >= 11 is 0. The lowest BCUT2D eigenvalue weighted by molar-refractivity contribution is -0.127. The van der Waals surface area contributed by atoms with E-state index in [0.29, 0.717) is 42.7 Å². The topological polar surface area (TPSA) is 70.7 Å².